The van der Waals surface area contributed by atoms with Gasteiger partial charge in [0.25, 0.3) is 0 Å². The Labute approximate surface area is 82.1 Å². The third-order valence-corrected chi connectivity index (χ3v) is 2.67. The molecule has 0 saturated heterocycles. The van der Waals surface area contributed by atoms with Gasteiger partial charge in [0, 0.05) is 10.5 Å². The van der Waals surface area contributed by atoms with E-state index in [1.807, 2.05) is 6.92 Å². The lowest BCUT2D eigenvalue weighted by Crippen LogP contribution is -2.17. The maximum absolute atomic E-state index is 5.70. The summed E-state index contributed by atoms with van der Waals surface area (Å²) in [4.78, 5) is 0. The molecular formula is C10H14BrN. The van der Waals surface area contributed by atoms with Gasteiger partial charge >= 0.3 is 0 Å². The predicted octanol–water partition coefficient (Wildman–Crippen LogP) is 2.65. The minimum absolute atomic E-state index is 0.241. The summed E-state index contributed by atoms with van der Waals surface area (Å²) >= 11 is 3.46. The van der Waals surface area contributed by atoms with Gasteiger partial charge in [-0.15, -0.1) is 0 Å². The smallest absolute Gasteiger partial charge is 0.0204 e. The van der Waals surface area contributed by atoms with E-state index in [-0.39, 0.29) is 6.04 Å². The number of benzene rings is 1. The second kappa shape index (κ2) is 4.06. The van der Waals surface area contributed by atoms with Crippen LogP contribution in [0.1, 0.15) is 18.1 Å². The zero-order chi connectivity index (χ0) is 9.14. The van der Waals surface area contributed by atoms with Gasteiger partial charge in [-0.05, 0) is 37.5 Å². The Balaban J connectivity index is 2.82. The van der Waals surface area contributed by atoms with E-state index in [0.29, 0.717) is 0 Å². The average molecular weight is 228 g/mol. The minimum Gasteiger partial charge on any atom is -0.328 e. The Morgan fingerprint density at radius 3 is 2.67 bits per heavy atom. The first-order valence-electron chi connectivity index (χ1n) is 4.10. The van der Waals surface area contributed by atoms with Gasteiger partial charge in [0.05, 0.1) is 0 Å². The maximum atomic E-state index is 5.70. The molecule has 0 radical (unpaired) electrons. The number of nitrogens with two attached hydrogens (primary N) is 1. The molecule has 1 unspecified atom stereocenters. The number of halogens is 1. The van der Waals surface area contributed by atoms with E-state index < -0.39 is 0 Å². The van der Waals surface area contributed by atoms with Crippen molar-refractivity contribution in [1.29, 1.82) is 0 Å². The molecule has 12 heavy (non-hydrogen) atoms. The zero-order valence-corrected chi connectivity index (χ0v) is 9.06. The van der Waals surface area contributed by atoms with E-state index in [9.17, 15) is 0 Å². The molecule has 1 atom stereocenters. The van der Waals surface area contributed by atoms with Gasteiger partial charge < -0.3 is 5.73 Å². The highest BCUT2D eigenvalue weighted by molar-refractivity contribution is 9.10. The van der Waals surface area contributed by atoms with Gasteiger partial charge in [-0.3, -0.25) is 0 Å². The first-order valence-corrected chi connectivity index (χ1v) is 4.89. The van der Waals surface area contributed by atoms with Crippen molar-refractivity contribution in [3.63, 3.8) is 0 Å². The van der Waals surface area contributed by atoms with Crippen molar-refractivity contribution >= 4 is 15.9 Å². The van der Waals surface area contributed by atoms with Gasteiger partial charge in [-0.1, -0.05) is 28.1 Å². The lowest BCUT2D eigenvalue weighted by molar-refractivity contribution is 0.737. The van der Waals surface area contributed by atoms with E-state index in [1.54, 1.807) is 0 Å². The summed E-state index contributed by atoms with van der Waals surface area (Å²) < 4.78 is 1.16. The lowest BCUT2D eigenvalue weighted by Gasteiger charge is -2.06. The standard InChI is InChI=1S/C10H14BrN/c1-7-5-9(6-8(2)12)3-4-10(7)11/h3-5,8H,6,12H2,1-2H3. The van der Waals surface area contributed by atoms with Crippen LogP contribution in [-0.2, 0) is 6.42 Å². The minimum atomic E-state index is 0.241. The van der Waals surface area contributed by atoms with Crippen molar-refractivity contribution in [2.24, 2.45) is 5.73 Å². The lowest BCUT2D eigenvalue weighted by atomic mass is 10.1. The molecule has 0 aliphatic carbocycles. The Hall–Kier alpha value is -0.340. The highest BCUT2D eigenvalue weighted by Crippen LogP contribution is 2.17. The summed E-state index contributed by atoms with van der Waals surface area (Å²) in [6.07, 6.45) is 0.952. The fraction of sp³-hybridized carbons (Fsp3) is 0.400. The van der Waals surface area contributed by atoms with Crippen LogP contribution in [0.25, 0.3) is 0 Å². The molecule has 0 amide bonds. The van der Waals surface area contributed by atoms with Gasteiger partial charge in [0.15, 0.2) is 0 Å². The molecule has 2 N–H and O–H groups in total. The summed E-state index contributed by atoms with van der Waals surface area (Å²) in [6.45, 7) is 4.12. The van der Waals surface area contributed by atoms with Gasteiger partial charge in [0.2, 0.25) is 0 Å². The third-order valence-electron chi connectivity index (χ3n) is 1.78. The molecule has 1 aromatic carbocycles. The monoisotopic (exact) mass is 227 g/mol. The van der Waals surface area contributed by atoms with Crippen molar-refractivity contribution in [2.45, 2.75) is 26.3 Å². The molecule has 0 fully saturated rings. The molecule has 1 aromatic rings. The SMILES string of the molecule is Cc1cc(CC(C)N)ccc1Br. The number of hydrogen-bond donors (Lipinski definition) is 1. The van der Waals surface area contributed by atoms with Crippen LogP contribution >= 0.6 is 15.9 Å². The van der Waals surface area contributed by atoms with E-state index in [2.05, 4.69) is 41.1 Å². The summed E-state index contributed by atoms with van der Waals surface area (Å²) in [7, 11) is 0. The average Bonchev–Trinajstić information content (AvgIpc) is 1.96. The molecule has 0 spiro atoms. The highest BCUT2D eigenvalue weighted by atomic mass is 79.9. The topological polar surface area (TPSA) is 26.0 Å². The molecule has 2 heteroatoms. The Morgan fingerprint density at radius 2 is 2.17 bits per heavy atom. The van der Waals surface area contributed by atoms with Crippen molar-refractivity contribution < 1.29 is 0 Å². The van der Waals surface area contributed by atoms with E-state index in [0.717, 1.165) is 10.9 Å². The van der Waals surface area contributed by atoms with Crippen molar-refractivity contribution in [1.82, 2.24) is 0 Å². The van der Waals surface area contributed by atoms with Gasteiger partial charge in [0.1, 0.15) is 0 Å². The molecule has 0 aliphatic rings. The van der Waals surface area contributed by atoms with Crippen LogP contribution in [0.5, 0.6) is 0 Å². The van der Waals surface area contributed by atoms with Crippen LogP contribution < -0.4 is 5.73 Å². The van der Waals surface area contributed by atoms with E-state index >= 15 is 0 Å². The number of rotatable bonds is 2. The normalized spacial score (nSPS) is 13.0. The zero-order valence-electron chi connectivity index (χ0n) is 7.47. The molecule has 1 nitrogen and oxygen atoms in total. The van der Waals surface area contributed by atoms with E-state index in [1.165, 1.54) is 11.1 Å². The summed E-state index contributed by atoms with van der Waals surface area (Å²) in [5.74, 6) is 0. The molecular weight excluding hydrogens is 214 g/mol. The van der Waals surface area contributed by atoms with Crippen LogP contribution in [0.2, 0.25) is 0 Å². The number of aryl methyl sites for hydroxylation is 1. The second-order valence-corrected chi connectivity index (χ2v) is 4.12. The first kappa shape index (κ1) is 9.75. The number of hydrogen-bond acceptors (Lipinski definition) is 1. The summed E-state index contributed by atoms with van der Waals surface area (Å²) in [6, 6.07) is 6.60. The molecule has 66 valence electrons. The Bertz CT molecular complexity index is 269. The predicted molar refractivity (Wildman–Crippen MR) is 56.2 cm³/mol. The van der Waals surface area contributed by atoms with Crippen molar-refractivity contribution in [2.75, 3.05) is 0 Å². The highest BCUT2D eigenvalue weighted by Gasteiger charge is 1.99. The van der Waals surface area contributed by atoms with Gasteiger partial charge in [-0.25, -0.2) is 0 Å². The molecule has 0 saturated carbocycles. The van der Waals surface area contributed by atoms with Crippen molar-refractivity contribution in [3.05, 3.63) is 33.8 Å². The van der Waals surface area contributed by atoms with Crippen LogP contribution in [-0.4, -0.2) is 6.04 Å². The van der Waals surface area contributed by atoms with Crippen LogP contribution in [0, 0.1) is 6.92 Å². The summed E-state index contributed by atoms with van der Waals surface area (Å²) in [5, 5.41) is 0. The third kappa shape index (κ3) is 2.61. The first-order chi connectivity index (χ1) is 5.59. The van der Waals surface area contributed by atoms with Crippen molar-refractivity contribution in [3.8, 4) is 0 Å². The molecule has 0 heterocycles. The van der Waals surface area contributed by atoms with Gasteiger partial charge in [-0.2, -0.15) is 0 Å². The fourth-order valence-corrected chi connectivity index (χ4v) is 1.45. The maximum Gasteiger partial charge on any atom is 0.0204 e. The molecule has 0 bridgehead atoms. The molecule has 0 aromatic heterocycles. The van der Waals surface area contributed by atoms with E-state index in [4.69, 9.17) is 5.73 Å². The van der Waals surface area contributed by atoms with Crippen LogP contribution in [0.15, 0.2) is 22.7 Å². The fourth-order valence-electron chi connectivity index (χ4n) is 1.21. The molecule has 1 rings (SSSR count). The van der Waals surface area contributed by atoms with Crippen LogP contribution in [0.4, 0.5) is 0 Å². The Kier molecular flexibility index (Phi) is 3.29. The van der Waals surface area contributed by atoms with Crippen LogP contribution in [0.3, 0.4) is 0 Å². The summed E-state index contributed by atoms with van der Waals surface area (Å²) in [5.41, 5.74) is 8.28. The second-order valence-electron chi connectivity index (χ2n) is 3.26. The quantitative estimate of drug-likeness (QED) is 0.827. The largest absolute Gasteiger partial charge is 0.328 e. The molecule has 0 aliphatic heterocycles. The Morgan fingerprint density at radius 1 is 1.50 bits per heavy atom.